The average Bonchev–Trinajstić information content (AvgIpc) is 2.60. The zero-order chi connectivity index (χ0) is 17.5. The molecule has 1 heterocycles. The Labute approximate surface area is 141 Å². The molecule has 1 aromatic carbocycles. The number of nitrogens with one attached hydrogen (secondary N) is 1. The maximum atomic E-state index is 12.3. The summed E-state index contributed by atoms with van der Waals surface area (Å²) in [4.78, 5) is 29.7. The maximum Gasteiger partial charge on any atom is 0.257 e. The van der Waals surface area contributed by atoms with Gasteiger partial charge in [-0.2, -0.15) is 0 Å². The van der Waals surface area contributed by atoms with Crippen LogP contribution in [0.3, 0.4) is 0 Å². The molecule has 0 aliphatic heterocycles. The second-order valence-electron chi connectivity index (χ2n) is 5.37. The topological polar surface area (TPSA) is 71.5 Å². The van der Waals surface area contributed by atoms with Gasteiger partial charge in [-0.15, -0.1) is 0 Å². The Kier molecular flexibility index (Phi) is 5.89. The summed E-state index contributed by atoms with van der Waals surface area (Å²) in [6.07, 6.45) is 1.59. The average molecular weight is 327 g/mol. The number of rotatable bonds is 6. The lowest BCUT2D eigenvalue weighted by molar-refractivity contribution is 0.0827. The smallest absolute Gasteiger partial charge is 0.257 e. The highest BCUT2D eigenvalue weighted by molar-refractivity contribution is 5.96. The van der Waals surface area contributed by atoms with Gasteiger partial charge in [-0.1, -0.05) is 12.1 Å². The summed E-state index contributed by atoms with van der Waals surface area (Å²) in [5.41, 5.74) is 1.92. The minimum absolute atomic E-state index is 0.0534. The van der Waals surface area contributed by atoms with Crippen molar-refractivity contribution < 1.29 is 14.3 Å². The molecule has 0 spiro atoms. The van der Waals surface area contributed by atoms with Crippen molar-refractivity contribution in [3.63, 3.8) is 0 Å². The minimum atomic E-state index is -0.250. The fraction of sp³-hybridized carbons (Fsp3) is 0.278. The van der Waals surface area contributed by atoms with Crippen molar-refractivity contribution in [3.8, 4) is 5.88 Å². The first kappa shape index (κ1) is 17.5. The number of hydrogen-bond donors (Lipinski definition) is 1. The molecule has 1 N–H and O–H groups in total. The van der Waals surface area contributed by atoms with Crippen LogP contribution in [0.1, 0.15) is 33.2 Å². The summed E-state index contributed by atoms with van der Waals surface area (Å²) >= 11 is 0. The Morgan fingerprint density at radius 1 is 1.17 bits per heavy atom. The quantitative estimate of drug-likeness (QED) is 0.882. The molecule has 0 aliphatic carbocycles. The molecule has 2 rings (SSSR count). The number of aromatic nitrogens is 1. The molecule has 0 saturated carbocycles. The van der Waals surface area contributed by atoms with Crippen LogP contribution in [0.25, 0.3) is 0 Å². The summed E-state index contributed by atoms with van der Waals surface area (Å²) in [6, 6.07) is 10.5. The third-order valence-electron chi connectivity index (χ3n) is 3.36. The summed E-state index contributed by atoms with van der Waals surface area (Å²) < 4.78 is 5.36. The first-order chi connectivity index (χ1) is 11.5. The lowest BCUT2D eigenvalue weighted by Gasteiger charge is -2.11. The molecule has 6 heteroatoms. The lowest BCUT2D eigenvalue weighted by atomic mass is 10.1. The van der Waals surface area contributed by atoms with Crippen LogP contribution >= 0.6 is 0 Å². The normalized spacial score (nSPS) is 10.1. The second-order valence-corrected chi connectivity index (χ2v) is 5.37. The number of nitrogens with zero attached hydrogens (tertiary/aromatic N) is 2. The SMILES string of the molecule is CCOc1ncccc1C(=O)NCc1ccc(C(=O)N(C)C)cc1. The van der Waals surface area contributed by atoms with Crippen molar-refractivity contribution in [2.45, 2.75) is 13.5 Å². The van der Waals surface area contributed by atoms with E-state index in [1.54, 1.807) is 44.6 Å². The van der Waals surface area contributed by atoms with Crippen LogP contribution in [0.4, 0.5) is 0 Å². The van der Waals surface area contributed by atoms with E-state index in [4.69, 9.17) is 4.74 Å². The van der Waals surface area contributed by atoms with E-state index in [0.717, 1.165) is 5.56 Å². The van der Waals surface area contributed by atoms with Crippen molar-refractivity contribution >= 4 is 11.8 Å². The molecule has 1 aromatic heterocycles. The van der Waals surface area contributed by atoms with Gasteiger partial charge >= 0.3 is 0 Å². The molecular weight excluding hydrogens is 306 g/mol. The molecule has 6 nitrogen and oxygen atoms in total. The van der Waals surface area contributed by atoms with Crippen LogP contribution in [0.2, 0.25) is 0 Å². The largest absolute Gasteiger partial charge is 0.477 e. The highest BCUT2D eigenvalue weighted by Crippen LogP contribution is 2.14. The second kappa shape index (κ2) is 8.10. The molecule has 0 fully saturated rings. The predicted molar refractivity (Wildman–Crippen MR) is 91.0 cm³/mol. The van der Waals surface area contributed by atoms with E-state index >= 15 is 0 Å². The minimum Gasteiger partial charge on any atom is -0.477 e. The third kappa shape index (κ3) is 4.32. The van der Waals surface area contributed by atoms with Gasteiger partial charge in [-0.25, -0.2) is 4.98 Å². The van der Waals surface area contributed by atoms with E-state index in [2.05, 4.69) is 10.3 Å². The molecule has 2 aromatic rings. The monoisotopic (exact) mass is 327 g/mol. The van der Waals surface area contributed by atoms with Crippen molar-refractivity contribution in [2.75, 3.05) is 20.7 Å². The van der Waals surface area contributed by atoms with Gasteiger partial charge in [0.1, 0.15) is 5.56 Å². The lowest BCUT2D eigenvalue weighted by Crippen LogP contribution is -2.24. The van der Waals surface area contributed by atoms with E-state index in [1.807, 2.05) is 19.1 Å². The molecular formula is C18H21N3O3. The Hall–Kier alpha value is -2.89. The Balaban J connectivity index is 2.01. The van der Waals surface area contributed by atoms with Crippen LogP contribution in [0.5, 0.6) is 5.88 Å². The van der Waals surface area contributed by atoms with Crippen LogP contribution in [0, 0.1) is 0 Å². The van der Waals surface area contributed by atoms with E-state index < -0.39 is 0 Å². The van der Waals surface area contributed by atoms with Crippen LogP contribution in [0.15, 0.2) is 42.6 Å². The zero-order valence-electron chi connectivity index (χ0n) is 14.1. The summed E-state index contributed by atoms with van der Waals surface area (Å²) in [5.74, 6) is 0.0201. The molecule has 24 heavy (non-hydrogen) atoms. The predicted octanol–water partition coefficient (Wildman–Crippen LogP) is 2.11. The van der Waals surface area contributed by atoms with Gasteiger partial charge in [0, 0.05) is 32.4 Å². The maximum absolute atomic E-state index is 12.3. The zero-order valence-corrected chi connectivity index (χ0v) is 14.1. The van der Waals surface area contributed by atoms with Gasteiger partial charge in [-0.3, -0.25) is 9.59 Å². The van der Waals surface area contributed by atoms with Gasteiger partial charge in [0.2, 0.25) is 5.88 Å². The molecule has 2 amide bonds. The Bertz CT molecular complexity index is 712. The van der Waals surface area contributed by atoms with Gasteiger partial charge < -0.3 is 15.0 Å². The van der Waals surface area contributed by atoms with E-state index in [1.165, 1.54) is 4.90 Å². The van der Waals surface area contributed by atoms with E-state index in [-0.39, 0.29) is 11.8 Å². The van der Waals surface area contributed by atoms with Crippen LogP contribution < -0.4 is 10.1 Å². The van der Waals surface area contributed by atoms with E-state index in [0.29, 0.717) is 30.2 Å². The van der Waals surface area contributed by atoms with E-state index in [9.17, 15) is 9.59 Å². The highest BCUT2D eigenvalue weighted by Gasteiger charge is 2.13. The molecule has 0 unspecified atom stereocenters. The van der Waals surface area contributed by atoms with Gasteiger partial charge in [0.05, 0.1) is 6.61 Å². The van der Waals surface area contributed by atoms with Crippen LogP contribution in [-0.4, -0.2) is 42.4 Å². The molecule has 0 aliphatic rings. The number of carbonyl (C=O) groups excluding carboxylic acids is 2. The van der Waals surface area contributed by atoms with Gasteiger partial charge in [0.25, 0.3) is 11.8 Å². The summed E-state index contributed by atoms with van der Waals surface area (Å²) in [7, 11) is 3.42. The fourth-order valence-corrected chi connectivity index (χ4v) is 2.12. The number of carbonyl (C=O) groups is 2. The molecule has 126 valence electrons. The van der Waals surface area contributed by atoms with Crippen LogP contribution in [-0.2, 0) is 6.54 Å². The Morgan fingerprint density at radius 3 is 2.50 bits per heavy atom. The first-order valence-electron chi connectivity index (χ1n) is 7.69. The first-order valence-corrected chi connectivity index (χ1v) is 7.69. The van der Waals surface area contributed by atoms with Crippen molar-refractivity contribution in [1.82, 2.24) is 15.2 Å². The number of pyridine rings is 1. The third-order valence-corrected chi connectivity index (χ3v) is 3.36. The number of benzene rings is 1. The van der Waals surface area contributed by atoms with Crippen molar-refractivity contribution in [1.29, 1.82) is 0 Å². The molecule has 0 bridgehead atoms. The Morgan fingerprint density at radius 2 is 1.88 bits per heavy atom. The van der Waals surface area contributed by atoms with Crippen molar-refractivity contribution in [3.05, 3.63) is 59.3 Å². The summed E-state index contributed by atoms with van der Waals surface area (Å²) in [6.45, 7) is 2.64. The molecule has 0 radical (unpaired) electrons. The number of amides is 2. The standard InChI is InChI=1S/C18H21N3O3/c1-4-24-17-15(6-5-11-19-17)16(22)20-12-13-7-9-14(10-8-13)18(23)21(2)3/h5-11H,4,12H2,1-3H3,(H,20,22). The molecule has 0 saturated heterocycles. The van der Waals surface area contributed by atoms with Gasteiger partial charge in [-0.05, 0) is 36.8 Å². The fourth-order valence-electron chi connectivity index (χ4n) is 2.12. The van der Waals surface area contributed by atoms with Crippen molar-refractivity contribution in [2.24, 2.45) is 0 Å². The summed E-state index contributed by atoms with van der Waals surface area (Å²) in [5, 5.41) is 2.83. The number of ether oxygens (including phenoxy) is 1. The number of hydrogen-bond acceptors (Lipinski definition) is 4. The molecule has 0 atom stereocenters. The van der Waals surface area contributed by atoms with Gasteiger partial charge in [0.15, 0.2) is 0 Å². The highest BCUT2D eigenvalue weighted by atomic mass is 16.5.